The van der Waals surface area contributed by atoms with E-state index in [1.165, 1.54) is 0 Å². The SMILES string of the molecule is CCCOCCn1nnc(N)c1CC. The van der Waals surface area contributed by atoms with Crippen LogP contribution in [0.5, 0.6) is 0 Å². The van der Waals surface area contributed by atoms with Crippen LogP contribution >= 0.6 is 0 Å². The van der Waals surface area contributed by atoms with Gasteiger partial charge in [-0.1, -0.05) is 19.1 Å². The molecule has 0 saturated carbocycles. The van der Waals surface area contributed by atoms with Crippen LogP contribution in [0.2, 0.25) is 0 Å². The Balaban J connectivity index is 2.42. The highest BCUT2D eigenvalue weighted by Gasteiger charge is 2.06. The van der Waals surface area contributed by atoms with Crippen molar-refractivity contribution in [3.05, 3.63) is 5.69 Å². The summed E-state index contributed by atoms with van der Waals surface area (Å²) in [7, 11) is 0. The number of anilines is 1. The molecular formula is C9H18N4O. The quantitative estimate of drug-likeness (QED) is 0.688. The van der Waals surface area contributed by atoms with Crippen molar-refractivity contribution in [3.8, 4) is 0 Å². The van der Waals surface area contributed by atoms with Crippen molar-refractivity contribution in [1.29, 1.82) is 0 Å². The summed E-state index contributed by atoms with van der Waals surface area (Å²) in [6, 6.07) is 0. The second-order valence-electron chi connectivity index (χ2n) is 3.11. The molecule has 0 atom stereocenters. The van der Waals surface area contributed by atoms with E-state index in [1.807, 2.05) is 11.6 Å². The maximum atomic E-state index is 5.65. The number of rotatable bonds is 6. The first kappa shape index (κ1) is 11.0. The highest BCUT2D eigenvalue weighted by Crippen LogP contribution is 2.07. The Hall–Kier alpha value is -1.10. The van der Waals surface area contributed by atoms with Crippen LogP contribution in [-0.4, -0.2) is 28.2 Å². The molecule has 0 fully saturated rings. The summed E-state index contributed by atoms with van der Waals surface area (Å²) in [5.74, 6) is 0.531. The lowest BCUT2D eigenvalue weighted by Gasteiger charge is -2.05. The van der Waals surface area contributed by atoms with Gasteiger partial charge in [-0.3, -0.25) is 0 Å². The van der Waals surface area contributed by atoms with Crippen LogP contribution in [0, 0.1) is 0 Å². The zero-order chi connectivity index (χ0) is 10.4. The van der Waals surface area contributed by atoms with Crippen LogP contribution in [0.15, 0.2) is 0 Å². The average molecular weight is 198 g/mol. The summed E-state index contributed by atoms with van der Waals surface area (Å²) in [6.45, 7) is 6.33. The van der Waals surface area contributed by atoms with Crippen LogP contribution in [0.1, 0.15) is 26.0 Å². The van der Waals surface area contributed by atoms with Gasteiger partial charge in [0.2, 0.25) is 0 Å². The first-order chi connectivity index (χ1) is 6.79. The highest BCUT2D eigenvalue weighted by atomic mass is 16.5. The van der Waals surface area contributed by atoms with E-state index in [0.29, 0.717) is 12.4 Å². The standard InChI is InChI=1S/C9H18N4O/c1-3-6-14-7-5-13-8(4-2)9(10)11-12-13/h3-7,10H2,1-2H3. The number of hydrogen-bond acceptors (Lipinski definition) is 4. The van der Waals surface area contributed by atoms with Gasteiger partial charge in [-0.15, -0.1) is 5.10 Å². The summed E-state index contributed by atoms with van der Waals surface area (Å²) in [5, 5.41) is 7.77. The Morgan fingerprint density at radius 3 is 2.79 bits per heavy atom. The fourth-order valence-corrected chi connectivity index (χ4v) is 1.29. The first-order valence-electron chi connectivity index (χ1n) is 5.05. The van der Waals surface area contributed by atoms with Crippen LogP contribution in [0.25, 0.3) is 0 Å². The van der Waals surface area contributed by atoms with E-state index in [2.05, 4.69) is 17.2 Å². The molecule has 2 N–H and O–H groups in total. The number of nitrogens with two attached hydrogens (primary N) is 1. The van der Waals surface area contributed by atoms with Crippen molar-refractivity contribution in [2.45, 2.75) is 33.2 Å². The molecule has 1 aromatic rings. The number of ether oxygens (including phenoxy) is 1. The molecular weight excluding hydrogens is 180 g/mol. The molecule has 14 heavy (non-hydrogen) atoms. The zero-order valence-electron chi connectivity index (χ0n) is 8.86. The van der Waals surface area contributed by atoms with Crippen LogP contribution < -0.4 is 5.73 Å². The van der Waals surface area contributed by atoms with E-state index >= 15 is 0 Å². The van der Waals surface area contributed by atoms with E-state index < -0.39 is 0 Å². The minimum absolute atomic E-state index is 0.531. The lowest BCUT2D eigenvalue weighted by atomic mass is 10.3. The van der Waals surface area contributed by atoms with E-state index in [1.54, 1.807) is 0 Å². The smallest absolute Gasteiger partial charge is 0.169 e. The summed E-state index contributed by atoms with van der Waals surface area (Å²) in [6.07, 6.45) is 1.90. The molecule has 80 valence electrons. The molecule has 0 saturated heterocycles. The zero-order valence-corrected chi connectivity index (χ0v) is 8.86. The summed E-state index contributed by atoms with van der Waals surface area (Å²) < 4.78 is 7.18. The van der Waals surface area contributed by atoms with Gasteiger partial charge in [0, 0.05) is 6.61 Å². The third-order valence-corrected chi connectivity index (χ3v) is 2.00. The minimum Gasteiger partial charge on any atom is -0.381 e. The number of nitrogens with zero attached hydrogens (tertiary/aromatic N) is 3. The minimum atomic E-state index is 0.531. The van der Waals surface area contributed by atoms with E-state index in [-0.39, 0.29) is 0 Å². The van der Waals surface area contributed by atoms with E-state index in [0.717, 1.165) is 31.7 Å². The molecule has 0 unspecified atom stereocenters. The third kappa shape index (κ3) is 2.70. The van der Waals surface area contributed by atoms with Crippen molar-refractivity contribution in [2.75, 3.05) is 18.9 Å². The molecule has 0 radical (unpaired) electrons. The lowest BCUT2D eigenvalue weighted by Crippen LogP contribution is -2.11. The Bertz CT molecular complexity index is 272. The molecule has 1 rings (SSSR count). The van der Waals surface area contributed by atoms with Gasteiger partial charge < -0.3 is 10.5 Å². The van der Waals surface area contributed by atoms with Gasteiger partial charge in [0.25, 0.3) is 0 Å². The summed E-state index contributed by atoms with van der Waals surface area (Å²) >= 11 is 0. The van der Waals surface area contributed by atoms with Crippen LogP contribution in [0.4, 0.5) is 5.82 Å². The molecule has 0 aliphatic rings. The summed E-state index contributed by atoms with van der Waals surface area (Å²) in [4.78, 5) is 0. The Morgan fingerprint density at radius 1 is 1.36 bits per heavy atom. The van der Waals surface area contributed by atoms with Gasteiger partial charge in [-0.25, -0.2) is 4.68 Å². The Kier molecular flexibility index (Phi) is 4.39. The normalized spacial score (nSPS) is 10.7. The van der Waals surface area contributed by atoms with Gasteiger partial charge in [0.05, 0.1) is 18.8 Å². The predicted octanol–water partition coefficient (Wildman–Crippen LogP) is 0.849. The van der Waals surface area contributed by atoms with Crippen molar-refractivity contribution in [3.63, 3.8) is 0 Å². The number of nitrogen functional groups attached to an aromatic ring is 1. The molecule has 0 aliphatic heterocycles. The molecule has 0 aromatic carbocycles. The van der Waals surface area contributed by atoms with E-state index in [4.69, 9.17) is 10.5 Å². The maximum absolute atomic E-state index is 5.65. The molecule has 0 aliphatic carbocycles. The van der Waals surface area contributed by atoms with Gasteiger partial charge >= 0.3 is 0 Å². The van der Waals surface area contributed by atoms with Crippen molar-refractivity contribution >= 4 is 5.82 Å². The monoisotopic (exact) mass is 198 g/mol. The predicted molar refractivity (Wildman–Crippen MR) is 54.9 cm³/mol. The molecule has 5 nitrogen and oxygen atoms in total. The van der Waals surface area contributed by atoms with Crippen molar-refractivity contribution in [1.82, 2.24) is 15.0 Å². The van der Waals surface area contributed by atoms with Gasteiger partial charge in [-0.2, -0.15) is 0 Å². The topological polar surface area (TPSA) is 66.0 Å². The third-order valence-electron chi connectivity index (χ3n) is 2.00. The molecule has 0 bridgehead atoms. The fourth-order valence-electron chi connectivity index (χ4n) is 1.29. The number of hydrogen-bond donors (Lipinski definition) is 1. The second kappa shape index (κ2) is 5.59. The van der Waals surface area contributed by atoms with Crippen molar-refractivity contribution in [2.24, 2.45) is 0 Å². The average Bonchev–Trinajstić information content (AvgIpc) is 2.54. The Morgan fingerprint density at radius 2 is 2.14 bits per heavy atom. The molecule has 0 amide bonds. The molecule has 5 heteroatoms. The van der Waals surface area contributed by atoms with E-state index in [9.17, 15) is 0 Å². The van der Waals surface area contributed by atoms with Crippen molar-refractivity contribution < 1.29 is 4.74 Å². The lowest BCUT2D eigenvalue weighted by molar-refractivity contribution is 0.123. The maximum Gasteiger partial charge on any atom is 0.169 e. The Labute approximate surface area is 84.2 Å². The molecule has 1 aromatic heterocycles. The van der Waals surface area contributed by atoms with Crippen LogP contribution in [-0.2, 0) is 17.7 Å². The second-order valence-corrected chi connectivity index (χ2v) is 3.11. The van der Waals surface area contributed by atoms with Gasteiger partial charge in [-0.05, 0) is 12.8 Å². The van der Waals surface area contributed by atoms with Crippen LogP contribution in [0.3, 0.4) is 0 Å². The van der Waals surface area contributed by atoms with Gasteiger partial charge in [0.1, 0.15) is 0 Å². The van der Waals surface area contributed by atoms with Gasteiger partial charge in [0.15, 0.2) is 5.82 Å². The molecule has 0 spiro atoms. The largest absolute Gasteiger partial charge is 0.381 e. The summed E-state index contributed by atoms with van der Waals surface area (Å²) in [5.41, 5.74) is 6.64. The molecule has 1 heterocycles. The number of aromatic nitrogens is 3. The first-order valence-corrected chi connectivity index (χ1v) is 5.05. The fraction of sp³-hybridized carbons (Fsp3) is 0.778. The highest BCUT2D eigenvalue weighted by molar-refractivity contribution is 5.32.